The van der Waals surface area contributed by atoms with Gasteiger partial charge >= 0.3 is 5.97 Å². The van der Waals surface area contributed by atoms with E-state index >= 15 is 0 Å². The fourth-order valence-corrected chi connectivity index (χ4v) is 3.12. The van der Waals surface area contributed by atoms with Gasteiger partial charge in [0.1, 0.15) is 6.04 Å². The normalized spacial score (nSPS) is 24.7. The number of carboxylic acids is 1. The van der Waals surface area contributed by atoms with Gasteiger partial charge in [0, 0.05) is 19.6 Å². The first-order valence-corrected chi connectivity index (χ1v) is 7.36. The summed E-state index contributed by atoms with van der Waals surface area (Å²) >= 11 is 0. The molecule has 2 aliphatic heterocycles. The number of hydrogen-bond acceptors (Lipinski definition) is 3. The first-order valence-electron chi connectivity index (χ1n) is 7.36. The lowest BCUT2D eigenvalue weighted by molar-refractivity contribution is -0.152. The minimum Gasteiger partial charge on any atom is -0.480 e. The molecular weight excluding hydrogens is 270 g/mol. The summed E-state index contributed by atoms with van der Waals surface area (Å²) in [5.74, 6) is -1.06. The van der Waals surface area contributed by atoms with E-state index in [9.17, 15) is 14.7 Å². The molecule has 5 heteroatoms. The largest absolute Gasteiger partial charge is 0.480 e. The van der Waals surface area contributed by atoms with Crippen molar-refractivity contribution in [2.45, 2.75) is 44.4 Å². The summed E-state index contributed by atoms with van der Waals surface area (Å²) in [5, 5.41) is 9.42. The van der Waals surface area contributed by atoms with E-state index in [1.807, 2.05) is 24.3 Å². The Morgan fingerprint density at radius 1 is 1.29 bits per heavy atom. The van der Waals surface area contributed by atoms with Crippen LogP contribution < -0.4 is 0 Å². The van der Waals surface area contributed by atoms with Crippen LogP contribution in [0.4, 0.5) is 0 Å². The van der Waals surface area contributed by atoms with Crippen LogP contribution in [0.1, 0.15) is 30.4 Å². The second kappa shape index (κ2) is 5.85. The Hall–Kier alpha value is -1.88. The third-order valence-electron chi connectivity index (χ3n) is 4.28. The number of benzene rings is 1. The van der Waals surface area contributed by atoms with E-state index in [-0.39, 0.29) is 18.4 Å². The van der Waals surface area contributed by atoms with Gasteiger partial charge in [0.15, 0.2) is 0 Å². The molecule has 21 heavy (non-hydrogen) atoms. The van der Waals surface area contributed by atoms with Gasteiger partial charge in [-0.15, -0.1) is 0 Å². The van der Waals surface area contributed by atoms with E-state index in [0.29, 0.717) is 19.6 Å². The first-order chi connectivity index (χ1) is 10.1. The molecule has 1 amide bonds. The highest BCUT2D eigenvalue weighted by Gasteiger charge is 2.35. The molecule has 1 N–H and O–H groups in total. The smallest absolute Gasteiger partial charge is 0.326 e. The van der Waals surface area contributed by atoms with E-state index < -0.39 is 12.0 Å². The molecule has 2 atom stereocenters. The van der Waals surface area contributed by atoms with Crippen molar-refractivity contribution in [3.63, 3.8) is 0 Å². The average molecular weight is 289 g/mol. The molecule has 1 saturated heterocycles. The second-order valence-electron chi connectivity index (χ2n) is 5.69. The van der Waals surface area contributed by atoms with Crippen molar-refractivity contribution in [3.05, 3.63) is 35.4 Å². The first kappa shape index (κ1) is 14.1. The van der Waals surface area contributed by atoms with Crippen LogP contribution >= 0.6 is 0 Å². The Morgan fingerprint density at radius 2 is 2.05 bits per heavy atom. The summed E-state index contributed by atoms with van der Waals surface area (Å²) in [5.41, 5.74) is 2.06. The predicted octanol–water partition coefficient (Wildman–Crippen LogP) is 1.59. The maximum Gasteiger partial charge on any atom is 0.326 e. The minimum absolute atomic E-state index is 0.0517. The van der Waals surface area contributed by atoms with Gasteiger partial charge in [-0.1, -0.05) is 24.3 Å². The zero-order valence-electron chi connectivity index (χ0n) is 11.8. The Balaban J connectivity index is 1.78. The van der Waals surface area contributed by atoms with Crippen LogP contribution in [0.3, 0.4) is 0 Å². The summed E-state index contributed by atoms with van der Waals surface area (Å²) < 4.78 is 5.48. The zero-order valence-corrected chi connectivity index (χ0v) is 11.8. The molecule has 0 saturated carbocycles. The van der Waals surface area contributed by atoms with Crippen molar-refractivity contribution in [2.75, 3.05) is 6.61 Å². The number of nitrogens with zero attached hydrogens (tertiary/aromatic N) is 1. The molecule has 1 fully saturated rings. The zero-order chi connectivity index (χ0) is 14.8. The van der Waals surface area contributed by atoms with Gasteiger partial charge in [-0.2, -0.15) is 0 Å². The van der Waals surface area contributed by atoms with E-state index in [4.69, 9.17) is 4.74 Å². The average Bonchev–Trinajstić information content (AvgIpc) is 2.98. The van der Waals surface area contributed by atoms with E-state index in [2.05, 4.69) is 0 Å². The van der Waals surface area contributed by atoms with Gasteiger partial charge in [-0.25, -0.2) is 4.79 Å². The third kappa shape index (κ3) is 2.93. The SMILES string of the molecule is O=C(O)[C@@H]1Cc2ccccc2CN1C(=O)C[C@H]1CCCO1. The molecular formula is C16H19NO4. The van der Waals surface area contributed by atoms with Gasteiger partial charge in [-0.3, -0.25) is 4.79 Å². The number of rotatable bonds is 3. The second-order valence-corrected chi connectivity index (χ2v) is 5.69. The lowest BCUT2D eigenvalue weighted by atomic mass is 9.93. The van der Waals surface area contributed by atoms with Gasteiger partial charge < -0.3 is 14.7 Å². The number of amides is 1. The molecule has 0 spiro atoms. The topological polar surface area (TPSA) is 66.8 Å². The van der Waals surface area contributed by atoms with Crippen molar-refractivity contribution in [1.29, 1.82) is 0 Å². The van der Waals surface area contributed by atoms with Crippen molar-refractivity contribution < 1.29 is 19.4 Å². The van der Waals surface area contributed by atoms with Crippen molar-refractivity contribution in [2.24, 2.45) is 0 Å². The van der Waals surface area contributed by atoms with Crippen molar-refractivity contribution >= 4 is 11.9 Å². The standard InChI is InChI=1S/C16H19NO4/c18-15(9-13-6-3-7-21-13)17-10-12-5-2-1-4-11(12)8-14(17)16(19)20/h1-2,4-5,13-14H,3,6-10H2,(H,19,20)/t13-,14+/m1/s1. The quantitative estimate of drug-likeness (QED) is 0.917. The highest BCUT2D eigenvalue weighted by Crippen LogP contribution is 2.25. The molecule has 1 aromatic carbocycles. The van der Waals surface area contributed by atoms with Crippen LogP contribution in [-0.4, -0.2) is 40.6 Å². The highest BCUT2D eigenvalue weighted by atomic mass is 16.5. The maximum atomic E-state index is 12.5. The van der Waals surface area contributed by atoms with Crippen LogP contribution in [0.2, 0.25) is 0 Å². The summed E-state index contributed by atoms with van der Waals surface area (Å²) in [7, 11) is 0. The molecule has 2 heterocycles. The van der Waals surface area contributed by atoms with Crippen LogP contribution in [0.15, 0.2) is 24.3 Å². The van der Waals surface area contributed by atoms with Crippen LogP contribution in [0.5, 0.6) is 0 Å². The molecule has 0 bridgehead atoms. The maximum absolute atomic E-state index is 12.5. The molecule has 0 radical (unpaired) electrons. The molecule has 0 unspecified atom stereocenters. The number of carbonyl (C=O) groups excluding carboxylic acids is 1. The van der Waals surface area contributed by atoms with E-state index in [0.717, 1.165) is 24.0 Å². The summed E-state index contributed by atoms with van der Waals surface area (Å²) in [6, 6.07) is 6.95. The number of ether oxygens (including phenoxy) is 1. The summed E-state index contributed by atoms with van der Waals surface area (Å²) in [4.78, 5) is 25.4. The monoisotopic (exact) mass is 289 g/mol. The van der Waals surface area contributed by atoms with E-state index in [1.54, 1.807) is 0 Å². The number of carboxylic acid groups (broad SMARTS) is 1. The minimum atomic E-state index is -0.940. The Bertz CT molecular complexity index is 551. The molecule has 5 nitrogen and oxygen atoms in total. The van der Waals surface area contributed by atoms with Crippen molar-refractivity contribution in [1.82, 2.24) is 4.90 Å². The number of carbonyl (C=O) groups is 2. The highest BCUT2D eigenvalue weighted by molar-refractivity contribution is 5.84. The molecule has 2 aliphatic rings. The van der Waals surface area contributed by atoms with Crippen LogP contribution in [-0.2, 0) is 27.3 Å². The molecule has 0 aromatic heterocycles. The Labute approximate surface area is 123 Å². The summed E-state index contributed by atoms with van der Waals surface area (Å²) in [6.45, 7) is 1.07. The predicted molar refractivity (Wildman–Crippen MR) is 75.7 cm³/mol. The Kier molecular flexibility index (Phi) is 3.92. The number of aliphatic carboxylic acids is 1. The van der Waals surface area contributed by atoms with Crippen LogP contribution in [0.25, 0.3) is 0 Å². The van der Waals surface area contributed by atoms with Gasteiger partial charge in [0.05, 0.1) is 12.5 Å². The van der Waals surface area contributed by atoms with Crippen LogP contribution in [0, 0.1) is 0 Å². The van der Waals surface area contributed by atoms with E-state index in [1.165, 1.54) is 4.90 Å². The molecule has 0 aliphatic carbocycles. The Morgan fingerprint density at radius 3 is 2.71 bits per heavy atom. The molecule has 1 aromatic rings. The number of fused-ring (bicyclic) bond motifs is 1. The lowest BCUT2D eigenvalue weighted by Crippen LogP contribution is -2.49. The fraction of sp³-hybridized carbons (Fsp3) is 0.500. The fourth-order valence-electron chi connectivity index (χ4n) is 3.12. The molecule has 112 valence electrons. The molecule has 3 rings (SSSR count). The third-order valence-corrected chi connectivity index (χ3v) is 4.28. The number of hydrogen-bond donors (Lipinski definition) is 1. The van der Waals surface area contributed by atoms with Gasteiger partial charge in [0.25, 0.3) is 0 Å². The summed E-state index contributed by atoms with van der Waals surface area (Å²) in [6.07, 6.45) is 2.47. The van der Waals surface area contributed by atoms with Gasteiger partial charge in [0.2, 0.25) is 5.91 Å². The van der Waals surface area contributed by atoms with Gasteiger partial charge in [-0.05, 0) is 24.0 Å². The van der Waals surface area contributed by atoms with Crippen molar-refractivity contribution in [3.8, 4) is 0 Å². The lowest BCUT2D eigenvalue weighted by Gasteiger charge is -2.35.